The molecular weight excluding hydrogens is 260 g/mol. The zero-order valence-corrected chi connectivity index (χ0v) is 11.9. The average molecular weight is 277 g/mol. The summed E-state index contributed by atoms with van der Waals surface area (Å²) in [5, 5.41) is 0.788. The summed E-state index contributed by atoms with van der Waals surface area (Å²) >= 11 is 7.35. The quantitative estimate of drug-likeness (QED) is 0.710. The van der Waals surface area contributed by atoms with E-state index in [1.165, 1.54) is 0 Å². The van der Waals surface area contributed by atoms with E-state index in [-0.39, 0.29) is 5.28 Å². The van der Waals surface area contributed by atoms with Gasteiger partial charge in [-0.1, -0.05) is 18.7 Å². The van der Waals surface area contributed by atoms with Crippen LogP contribution >= 0.6 is 23.4 Å². The number of hydrogen-bond acceptors (Lipinski definition) is 6. The van der Waals surface area contributed by atoms with Gasteiger partial charge in [0.05, 0.1) is 6.61 Å². The lowest BCUT2D eigenvalue weighted by Crippen LogP contribution is -2.15. The van der Waals surface area contributed by atoms with E-state index >= 15 is 0 Å². The Morgan fingerprint density at radius 3 is 2.71 bits per heavy atom. The highest BCUT2D eigenvalue weighted by Crippen LogP contribution is 2.17. The van der Waals surface area contributed by atoms with E-state index in [2.05, 4.69) is 19.9 Å². The van der Waals surface area contributed by atoms with Crippen molar-refractivity contribution in [3.05, 3.63) is 5.28 Å². The van der Waals surface area contributed by atoms with Crippen molar-refractivity contribution in [2.75, 3.05) is 33.0 Å². The summed E-state index contributed by atoms with van der Waals surface area (Å²) in [7, 11) is 4.05. The molecule has 0 aliphatic carbocycles. The molecule has 1 rings (SSSR count). The molecule has 0 aliphatic heterocycles. The fraction of sp³-hybridized carbons (Fsp3) is 0.700. The SMILES string of the molecule is CCCOc1nc(Cl)nc(SCCN(C)C)n1. The van der Waals surface area contributed by atoms with Crippen molar-refractivity contribution in [3.63, 3.8) is 0 Å². The van der Waals surface area contributed by atoms with E-state index in [1.54, 1.807) is 11.8 Å². The summed E-state index contributed by atoms with van der Waals surface area (Å²) < 4.78 is 5.33. The Labute approximate surface area is 111 Å². The molecule has 0 N–H and O–H groups in total. The molecule has 0 aliphatic rings. The van der Waals surface area contributed by atoms with Crippen molar-refractivity contribution in [1.29, 1.82) is 0 Å². The Morgan fingerprint density at radius 1 is 1.29 bits per heavy atom. The summed E-state index contributed by atoms with van der Waals surface area (Å²) in [6.07, 6.45) is 0.909. The Hall–Kier alpha value is -0.590. The summed E-state index contributed by atoms with van der Waals surface area (Å²) in [6.45, 7) is 3.57. The van der Waals surface area contributed by atoms with Crippen molar-refractivity contribution in [2.24, 2.45) is 0 Å². The molecular formula is C10H17ClN4OS. The predicted octanol–water partition coefficient (Wildman–Crippen LogP) is 1.97. The van der Waals surface area contributed by atoms with E-state index in [0.29, 0.717) is 17.8 Å². The van der Waals surface area contributed by atoms with Crippen LogP contribution in [0.5, 0.6) is 6.01 Å². The van der Waals surface area contributed by atoms with Gasteiger partial charge in [0.2, 0.25) is 5.28 Å². The molecule has 7 heteroatoms. The molecule has 0 atom stereocenters. The Bertz CT molecular complexity index is 351. The maximum Gasteiger partial charge on any atom is 0.321 e. The van der Waals surface area contributed by atoms with Gasteiger partial charge < -0.3 is 9.64 Å². The van der Waals surface area contributed by atoms with Crippen LogP contribution < -0.4 is 4.74 Å². The highest BCUT2D eigenvalue weighted by Gasteiger charge is 2.06. The molecule has 0 unspecified atom stereocenters. The van der Waals surface area contributed by atoms with E-state index in [0.717, 1.165) is 18.7 Å². The van der Waals surface area contributed by atoms with Gasteiger partial charge in [0.25, 0.3) is 0 Å². The smallest absolute Gasteiger partial charge is 0.321 e. The second-order valence-corrected chi connectivity index (χ2v) is 5.07. The largest absolute Gasteiger partial charge is 0.463 e. The van der Waals surface area contributed by atoms with Crippen molar-refractivity contribution >= 4 is 23.4 Å². The lowest BCUT2D eigenvalue weighted by Gasteiger charge is -2.08. The number of thioether (sulfide) groups is 1. The number of aromatic nitrogens is 3. The van der Waals surface area contributed by atoms with Gasteiger partial charge in [0.15, 0.2) is 5.16 Å². The number of rotatable bonds is 7. The monoisotopic (exact) mass is 276 g/mol. The van der Waals surface area contributed by atoms with Gasteiger partial charge in [-0.05, 0) is 32.1 Å². The molecule has 0 aromatic carbocycles. The van der Waals surface area contributed by atoms with Gasteiger partial charge in [0, 0.05) is 12.3 Å². The van der Waals surface area contributed by atoms with E-state index in [4.69, 9.17) is 16.3 Å². The van der Waals surface area contributed by atoms with Crippen molar-refractivity contribution in [2.45, 2.75) is 18.5 Å². The summed E-state index contributed by atoms with van der Waals surface area (Å²) in [5.74, 6) is 0.903. The van der Waals surface area contributed by atoms with Crippen LogP contribution in [0.4, 0.5) is 0 Å². The van der Waals surface area contributed by atoms with Gasteiger partial charge in [0.1, 0.15) is 0 Å². The first-order valence-electron chi connectivity index (χ1n) is 5.43. The standard InChI is InChI=1S/C10H17ClN4OS/c1-4-6-16-9-12-8(11)13-10(14-9)17-7-5-15(2)3/h4-7H2,1-3H3. The number of halogens is 1. The number of ether oxygens (including phenoxy) is 1. The van der Waals surface area contributed by atoms with Crippen LogP contribution in [0.3, 0.4) is 0 Å². The van der Waals surface area contributed by atoms with Crippen molar-refractivity contribution < 1.29 is 4.74 Å². The minimum Gasteiger partial charge on any atom is -0.463 e. The molecule has 0 bridgehead atoms. The van der Waals surface area contributed by atoms with Crippen LogP contribution in [0.1, 0.15) is 13.3 Å². The van der Waals surface area contributed by atoms with Crippen LogP contribution in [-0.4, -0.2) is 52.9 Å². The fourth-order valence-electron chi connectivity index (χ4n) is 0.957. The van der Waals surface area contributed by atoms with Gasteiger partial charge in [-0.2, -0.15) is 15.0 Å². The molecule has 0 fully saturated rings. The minimum atomic E-state index is 0.179. The molecule has 1 aromatic heterocycles. The third kappa shape index (κ3) is 6.05. The van der Waals surface area contributed by atoms with E-state index in [1.807, 2.05) is 21.0 Å². The molecule has 5 nitrogen and oxygen atoms in total. The maximum atomic E-state index is 5.80. The Kier molecular flexibility index (Phi) is 6.54. The number of nitrogens with zero attached hydrogens (tertiary/aromatic N) is 4. The van der Waals surface area contributed by atoms with Crippen LogP contribution in [-0.2, 0) is 0 Å². The molecule has 0 spiro atoms. The summed E-state index contributed by atoms with van der Waals surface area (Å²) in [5.41, 5.74) is 0. The Balaban J connectivity index is 2.55. The predicted molar refractivity (Wildman–Crippen MR) is 69.9 cm³/mol. The molecule has 17 heavy (non-hydrogen) atoms. The maximum absolute atomic E-state index is 5.80. The normalized spacial score (nSPS) is 10.9. The Morgan fingerprint density at radius 2 is 2.06 bits per heavy atom. The zero-order valence-electron chi connectivity index (χ0n) is 10.3. The second kappa shape index (κ2) is 7.68. The van der Waals surface area contributed by atoms with Gasteiger partial charge in [-0.15, -0.1) is 0 Å². The fourth-order valence-corrected chi connectivity index (χ4v) is 2.09. The van der Waals surface area contributed by atoms with Crippen molar-refractivity contribution in [1.82, 2.24) is 19.9 Å². The molecule has 96 valence electrons. The zero-order chi connectivity index (χ0) is 12.7. The van der Waals surface area contributed by atoms with Crippen LogP contribution in [0.15, 0.2) is 5.16 Å². The average Bonchev–Trinajstić information content (AvgIpc) is 2.25. The van der Waals surface area contributed by atoms with Gasteiger partial charge in [-0.3, -0.25) is 0 Å². The first kappa shape index (κ1) is 14.5. The first-order chi connectivity index (χ1) is 8.11. The molecule has 0 saturated heterocycles. The van der Waals surface area contributed by atoms with E-state index in [9.17, 15) is 0 Å². The third-order valence-electron chi connectivity index (χ3n) is 1.77. The highest BCUT2D eigenvalue weighted by molar-refractivity contribution is 7.99. The van der Waals surface area contributed by atoms with E-state index < -0.39 is 0 Å². The molecule has 0 amide bonds. The molecule has 0 radical (unpaired) electrons. The lowest BCUT2D eigenvalue weighted by atomic mass is 10.5. The van der Waals surface area contributed by atoms with Gasteiger partial charge in [-0.25, -0.2) is 0 Å². The highest BCUT2D eigenvalue weighted by atomic mass is 35.5. The van der Waals surface area contributed by atoms with Crippen LogP contribution in [0.25, 0.3) is 0 Å². The molecule has 1 heterocycles. The molecule has 0 saturated carbocycles. The van der Waals surface area contributed by atoms with Gasteiger partial charge >= 0.3 is 6.01 Å². The topological polar surface area (TPSA) is 51.1 Å². The summed E-state index contributed by atoms with van der Waals surface area (Å²) in [6, 6.07) is 0.305. The lowest BCUT2D eigenvalue weighted by molar-refractivity contribution is 0.288. The first-order valence-corrected chi connectivity index (χ1v) is 6.80. The minimum absolute atomic E-state index is 0.179. The van der Waals surface area contributed by atoms with Crippen LogP contribution in [0.2, 0.25) is 5.28 Å². The van der Waals surface area contributed by atoms with Crippen LogP contribution in [0, 0.1) is 0 Å². The summed E-state index contributed by atoms with van der Waals surface area (Å²) in [4.78, 5) is 14.2. The molecule has 1 aromatic rings. The second-order valence-electron chi connectivity index (χ2n) is 3.67. The third-order valence-corrected chi connectivity index (χ3v) is 2.77. The number of hydrogen-bond donors (Lipinski definition) is 0. The van der Waals surface area contributed by atoms with Crippen molar-refractivity contribution in [3.8, 4) is 6.01 Å².